The summed E-state index contributed by atoms with van der Waals surface area (Å²) in [5, 5.41) is 1.29. The van der Waals surface area contributed by atoms with Crippen molar-refractivity contribution in [2.45, 2.75) is 38.5 Å². The quantitative estimate of drug-likeness (QED) is 0.561. The monoisotopic (exact) mass is 441 g/mol. The van der Waals surface area contributed by atoms with Gasteiger partial charge in [0.2, 0.25) is 5.91 Å². The second-order valence-electron chi connectivity index (χ2n) is 9.64. The van der Waals surface area contributed by atoms with Crippen molar-refractivity contribution in [3.63, 3.8) is 0 Å². The Morgan fingerprint density at radius 3 is 2.23 bits per heavy atom. The lowest BCUT2D eigenvalue weighted by Gasteiger charge is -2.55. The van der Waals surface area contributed by atoms with Crippen molar-refractivity contribution < 1.29 is 9.59 Å². The van der Waals surface area contributed by atoms with Gasteiger partial charge in [-0.25, -0.2) is 0 Å². The van der Waals surface area contributed by atoms with E-state index < -0.39 is 0 Å². The normalized spacial score (nSPS) is 33.5. The van der Waals surface area contributed by atoms with Gasteiger partial charge in [0.15, 0.2) is 4.32 Å². The maximum absolute atomic E-state index is 13.3. The van der Waals surface area contributed by atoms with E-state index in [0.29, 0.717) is 27.0 Å². The highest BCUT2D eigenvalue weighted by Gasteiger charge is 2.55. The Bertz CT molecular complexity index is 903. The lowest BCUT2D eigenvalue weighted by molar-refractivity contribution is -0.152. The number of benzene rings is 1. The fourth-order valence-corrected chi connectivity index (χ4v) is 7.37. The van der Waals surface area contributed by atoms with Gasteiger partial charge in [-0.2, -0.15) is 5.01 Å². The summed E-state index contributed by atoms with van der Waals surface area (Å²) in [6, 6.07) is 7.99. The number of hydrogen-bond acceptors (Lipinski definition) is 5. The van der Waals surface area contributed by atoms with E-state index in [-0.39, 0.29) is 17.2 Å². The second kappa shape index (κ2) is 7.38. The van der Waals surface area contributed by atoms with Crippen molar-refractivity contribution in [2.24, 2.45) is 23.2 Å². The highest BCUT2D eigenvalue weighted by atomic mass is 32.2. The van der Waals surface area contributed by atoms with Crippen LogP contribution in [0.2, 0.25) is 0 Å². The molecule has 4 saturated carbocycles. The van der Waals surface area contributed by atoms with Crippen molar-refractivity contribution in [1.29, 1.82) is 0 Å². The molecule has 5 nitrogen and oxygen atoms in total. The summed E-state index contributed by atoms with van der Waals surface area (Å²) in [6.07, 6.45) is 8.58. The highest BCUT2D eigenvalue weighted by molar-refractivity contribution is 8.26. The van der Waals surface area contributed by atoms with Gasteiger partial charge >= 0.3 is 0 Å². The Kier molecular flexibility index (Phi) is 4.93. The molecular weight excluding hydrogens is 414 g/mol. The van der Waals surface area contributed by atoms with Crippen LogP contribution in [0.5, 0.6) is 0 Å². The number of amides is 2. The number of carbonyl (C=O) groups excluding carboxylic acids is 2. The van der Waals surface area contributed by atoms with Crippen LogP contribution >= 0.6 is 24.0 Å². The molecule has 1 aliphatic heterocycles. The fraction of sp³-hybridized carbons (Fsp3) is 0.522. The van der Waals surface area contributed by atoms with Crippen LogP contribution in [0, 0.1) is 23.2 Å². The van der Waals surface area contributed by atoms with Crippen molar-refractivity contribution in [2.75, 3.05) is 19.0 Å². The average molecular weight is 442 g/mol. The minimum Gasteiger partial charge on any atom is -0.378 e. The van der Waals surface area contributed by atoms with Crippen LogP contribution in [0.15, 0.2) is 29.2 Å². The van der Waals surface area contributed by atoms with E-state index in [1.54, 1.807) is 0 Å². The number of thiocarbonyl (C=S) groups is 1. The molecule has 5 aliphatic rings. The van der Waals surface area contributed by atoms with Crippen molar-refractivity contribution >= 4 is 51.9 Å². The predicted octanol–water partition coefficient (Wildman–Crippen LogP) is 4.20. The van der Waals surface area contributed by atoms with Crippen LogP contribution in [-0.4, -0.2) is 35.2 Å². The standard InChI is InChI=1S/C23H27N3O2S2/c1-25(2)18-5-3-14(4-6-18)10-19-20(27)26(22(29)30-19)24-21(28)23-11-15-7-16(12-23)9-17(8-15)13-23/h3-6,10,15-17H,7-9,11-13H2,1-2H3,(H,24,28)/b19-10+. The van der Waals surface area contributed by atoms with E-state index in [2.05, 4.69) is 5.43 Å². The highest BCUT2D eigenvalue weighted by Crippen LogP contribution is 2.60. The molecule has 0 spiro atoms. The summed E-state index contributed by atoms with van der Waals surface area (Å²) in [4.78, 5) is 28.9. The number of nitrogens with zero attached hydrogens (tertiary/aromatic N) is 2. The van der Waals surface area contributed by atoms with E-state index in [1.165, 1.54) is 36.0 Å². The molecule has 5 fully saturated rings. The smallest absolute Gasteiger partial charge is 0.285 e. The number of hydrogen-bond donors (Lipinski definition) is 1. The molecule has 1 saturated heterocycles. The Morgan fingerprint density at radius 1 is 1.13 bits per heavy atom. The molecule has 1 aromatic rings. The van der Waals surface area contributed by atoms with Gasteiger partial charge in [0.1, 0.15) is 0 Å². The first kappa shape index (κ1) is 20.1. The zero-order valence-corrected chi connectivity index (χ0v) is 19.0. The van der Waals surface area contributed by atoms with Crippen LogP contribution in [-0.2, 0) is 9.59 Å². The molecule has 1 N–H and O–H groups in total. The van der Waals surface area contributed by atoms with E-state index in [9.17, 15) is 9.59 Å². The first-order valence-electron chi connectivity index (χ1n) is 10.7. The van der Waals surface area contributed by atoms with Gasteiger partial charge in [0.05, 0.1) is 10.3 Å². The molecule has 0 aromatic heterocycles. The molecule has 0 unspecified atom stereocenters. The third kappa shape index (κ3) is 3.46. The van der Waals surface area contributed by atoms with E-state index in [1.807, 2.05) is 49.3 Å². The minimum absolute atomic E-state index is 0.00511. The number of carbonyl (C=O) groups is 2. The van der Waals surface area contributed by atoms with E-state index >= 15 is 0 Å². The van der Waals surface area contributed by atoms with Gasteiger partial charge in [-0.3, -0.25) is 15.0 Å². The molecule has 2 amide bonds. The van der Waals surface area contributed by atoms with Gasteiger partial charge in [-0.1, -0.05) is 23.9 Å². The number of nitrogens with one attached hydrogen (secondary N) is 1. The Morgan fingerprint density at radius 2 is 1.70 bits per heavy atom. The first-order valence-corrected chi connectivity index (χ1v) is 11.9. The summed E-state index contributed by atoms with van der Waals surface area (Å²) in [6.45, 7) is 0. The topological polar surface area (TPSA) is 52.6 Å². The molecule has 30 heavy (non-hydrogen) atoms. The molecule has 158 valence electrons. The molecule has 4 aliphatic carbocycles. The van der Waals surface area contributed by atoms with Crippen LogP contribution in [0.4, 0.5) is 5.69 Å². The zero-order valence-electron chi connectivity index (χ0n) is 17.4. The third-order valence-electron chi connectivity index (χ3n) is 7.23. The molecule has 1 aromatic carbocycles. The lowest BCUT2D eigenvalue weighted by Crippen LogP contribution is -2.57. The maximum Gasteiger partial charge on any atom is 0.285 e. The van der Waals surface area contributed by atoms with Crippen LogP contribution < -0.4 is 10.3 Å². The van der Waals surface area contributed by atoms with Crippen LogP contribution in [0.1, 0.15) is 44.1 Å². The average Bonchev–Trinajstić information content (AvgIpc) is 2.94. The van der Waals surface area contributed by atoms with Gasteiger partial charge in [0, 0.05) is 19.8 Å². The largest absolute Gasteiger partial charge is 0.378 e. The molecule has 0 radical (unpaired) electrons. The van der Waals surface area contributed by atoms with Crippen LogP contribution in [0.3, 0.4) is 0 Å². The summed E-state index contributed by atoms with van der Waals surface area (Å²) in [7, 11) is 3.99. The SMILES string of the molecule is CN(C)c1ccc(/C=C2/SC(=S)N(NC(=O)C34CC5CC(CC(C5)C3)C4)C2=O)cc1. The maximum atomic E-state index is 13.3. The zero-order chi connectivity index (χ0) is 21.0. The molecule has 6 rings (SSSR count). The minimum atomic E-state index is -0.302. The Hall–Kier alpha value is -1.86. The Labute approximate surface area is 187 Å². The summed E-state index contributed by atoms with van der Waals surface area (Å²) in [5.41, 5.74) is 4.65. The molecule has 4 bridgehead atoms. The van der Waals surface area contributed by atoms with Gasteiger partial charge in [-0.05, 0) is 92.3 Å². The third-order valence-corrected chi connectivity index (χ3v) is 8.54. The van der Waals surface area contributed by atoms with Crippen molar-refractivity contribution in [3.05, 3.63) is 34.7 Å². The Balaban J connectivity index is 1.31. The van der Waals surface area contributed by atoms with Crippen molar-refractivity contribution in [1.82, 2.24) is 10.4 Å². The lowest BCUT2D eigenvalue weighted by atomic mass is 9.49. The molecular formula is C23H27N3O2S2. The summed E-state index contributed by atoms with van der Waals surface area (Å²) in [5.74, 6) is 1.80. The van der Waals surface area contributed by atoms with Gasteiger partial charge in [0.25, 0.3) is 5.91 Å². The van der Waals surface area contributed by atoms with E-state index in [4.69, 9.17) is 12.2 Å². The summed E-state index contributed by atoms with van der Waals surface area (Å²) >= 11 is 6.68. The number of hydrazine groups is 1. The first-order chi connectivity index (χ1) is 14.3. The number of anilines is 1. The molecule has 7 heteroatoms. The van der Waals surface area contributed by atoms with Gasteiger partial charge < -0.3 is 4.90 Å². The van der Waals surface area contributed by atoms with E-state index in [0.717, 1.165) is 30.5 Å². The predicted molar refractivity (Wildman–Crippen MR) is 125 cm³/mol. The second-order valence-corrected chi connectivity index (χ2v) is 11.3. The van der Waals surface area contributed by atoms with Gasteiger partial charge in [-0.15, -0.1) is 0 Å². The molecule has 1 heterocycles. The molecule has 0 atom stereocenters. The summed E-state index contributed by atoms with van der Waals surface area (Å²) < 4.78 is 0.397. The van der Waals surface area contributed by atoms with Crippen molar-refractivity contribution in [3.8, 4) is 0 Å². The fourth-order valence-electron chi connectivity index (χ4n) is 6.19. The number of thioether (sulfide) groups is 1. The van der Waals surface area contributed by atoms with Crippen LogP contribution in [0.25, 0.3) is 6.08 Å². The number of rotatable bonds is 4.